The highest BCUT2D eigenvalue weighted by molar-refractivity contribution is 7.99. The van der Waals surface area contributed by atoms with Crippen molar-refractivity contribution in [2.24, 2.45) is 0 Å². The van der Waals surface area contributed by atoms with Crippen LogP contribution in [-0.2, 0) is 4.74 Å². The molecule has 0 aliphatic carbocycles. The molecule has 1 fully saturated rings. The molecule has 0 aromatic rings. The zero-order valence-electron chi connectivity index (χ0n) is 11.4. The lowest BCUT2D eigenvalue weighted by atomic mass is 10.0. The Hall–Kier alpha value is 0.150. The van der Waals surface area contributed by atoms with E-state index in [0.29, 0.717) is 0 Å². The van der Waals surface area contributed by atoms with Crippen molar-refractivity contribution in [1.82, 2.24) is 0 Å². The number of unbranched alkanes of at least 4 members (excludes halogenated alkanes) is 4. The van der Waals surface area contributed by atoms with E-state index in [4.69, 9.17) is 9.84 Å². The fraction of sp³-hybridized carbons (Fsp3) is 1.00. The van der Waals surface area contributed by atoms with Crippen molar-refractivity contribution in [2.75, 3.05) is 12.4 Å². The van der Waals surface area contributed by atoms with Gasteiger partial charge in [-0.25, -0.2) is 0 Å². The number of thioether (sulfide) groups is 1. The summed E-state index contributed by atoms with van der Waals surface area (Å²) in [5.74, 6) is 0.840. The van der Waals surface area contributed by atoms with E-state index >= 15 is 0 Å². The topological polar surface area (TPSA) is 90.2 Å². The molecule has 0 bridgehead atoms. The fourth-order valence-corrected chi connectivity index (χ4v) is 3.29. The highest BCUT2D eigenvalue weighted by Gasteiger charge is 2.43. The molecule has 1 aliphatic rings. The maximum absolute atomic E-state index is 9.82. The van der Waals surface area contributed by atoms with Crippen LogP contribution < -0.4 is 0 Å². The Labute approximate surface area is 119 Å². The lowest BCUT2D eigenvalue weighted by molar-refractivity contribution is -0.205. The zero-order valence-corrected chi connectivity index (χ0v) is 12.3. The molecule has 4 N–H and O–H groups in total. The molecule has 0 amide bonds. The van der Waals surface area contributed by atoms with E-state index in [0.717, 1.165) is 18.6 Å². The molecule has 5 nitrogen and oxygen atoms in total. The van der Waals surface area contributed by atoms with E-state index in [2.05, 4.69) is 6.92 Å². The van der Waals surface area contributed by atoms with Gasteiger partial charge in [-0.2, -0.15) is 0 Å². The van der Waals surface area contributed by atoms with Gasteiger partial charge in [0.25, 0.3) is 0 Å². The van der Waals surface area contributed by atoms with Gasteiger partial charge in [-0.1, -0.05) is 32.6 Å². The van der Waals surface area contributed by atoms with Gasteiger partial charge >= 0.3 is 0 Å². The molecule has 6 heteroatoms. The molecular formula is C13H26O5S. The van der Waals surface area contributed by atoms with Gasteiger partial charge in [0, 0.05) is 0 Å². The van der Waals surface area contributed by atoms with Gasteiger partial charge in [0.1, 0.15) is 29.9 Å². The first-order chi connectivity index (χ1) is 9.11. The Kier molecular flexibility index (Phi) is 8.29. The molecule has 1 saturated heterocycles. The van der Waals surface area contributed by atoms with E-state index < -0.39 is 29.9 Å². The quantitative estimate of drug-likeness (QED) is 0.487. The summed E-state index contributed by atoms with van der Waals surface area (Å²) in [6.45, 7) is 1.81. The molecular weight excluding hydrogens is 268 g/mol. The van der Waals surface area contributed by atoms with Crippen molar-refractivity contribution in [1.29, 1.82) is 0 Å². The average Bonchev–Trinajstić information content (AvgIpc) is 2.42. The Morgan fingerprint density at radius 3 is 2.26 bits per heavy atom. The van der Waals surface area contributed by atoms with Crippen molar-refractivity contribution < 1.29 is 25.2 Å². The predicted octanol–water partition coefficient (Wildman–Crippen LogP) is 0.490. The summed E-state index contributed by atoms with van der Waals surface area (Å²) in [6, 6.07) is 0. The third kappa shape index (κ3) is 5.21. The van der Waals surface area contributed by atoms with E-state index in [1.807, 2.05) is 0 Å². The molecule has 1 unspecified atom stereocenters. The second-order valence-electron chi connectivity index (χ2n) is 4.98. The van der Waals surface area contributed by atoms with Gasteiger partial charge in [0.15, 0.2) is 0 Å². The second-order valence-corrected chi connectivity index (χ2v) is 6.19. The van der Waals surface area contributed by atoms with E-state index in [1.54, 1.807) is 0 Å². The first kappa shape index (κ1) is 17.2. The molecule has 1 rings (SSSR count). The summed E-state index contributed by atoms with van der Waals surface area (Å²) in [7, 11) is 0. The first-order valence-corrected chi connectivity index (χ1v) is 8.08. The summed E-state index contributed by atoms with van der Waals surface area (Å²) in [5, 5.41) is 38.2. The van der Waals surface area contributed by atoms with Gasteiger partial charge < -0.3 is 25.2 Å². The van der Waals surface area contributed by atoms with E-state index in [-0.39, 0.29) is 6.61 Å². The van der Waals surface area contributed by atoms with E-state index in [1.165, 1.54) is 31.0 Å². The van der Waals surface area contributed by atoms with Gasteiger partial charge in [0.2, 0.25) is 0 Å². The van der Waals surface area contributed by atoms with Crippen LogP contribution >= 0.6 is 11.8 Å². The Morgan fingerprint density at radius 2 is 1.63 bits per heavy atom. The summed E-state index contributed by atoms with van der Waals surface area (Å²) in [4.78, 5) is 0. The minimum absolute atomic E-state index is 0.363. The molecule has 1 aliphatic heterocycles. The lowest BCUT2D eigenvalue weighted by Gasteiger charge is -2.39. The number of hydrogen-bond donors (Lipinski definition) is 4. The summed E-state index contributed by atoms with van der Waals surface area (Å²) >= 11 is 1.43. The van der Waals surface area contributed by atoms with Gasteiger partial charge in [-0.05, 0) is 12.2 Å². The molecule has 0 aromatic heterocycles. The third-order valence-corrected chi connectivity index (χ3v) is 4.62. The number of aliphatic hydroxyl groups is 4. The number of aliphatic hydroxyl groups excluding tert-OH is 4. The van der Waals surface area contributed by atoms with Crippen molar-refractivity contribution >= 4 is 11.8 Å². The number of rotatable bonds is 8. The maximum atomic E-state index is 9.82. The average molecular weight is 294 g/mol. The van der Waals surface area contributed by atoms with Gasteiger partial charge in [0.05, 0.1) is 6.61 Å². The highest BCUT2D eigenvalue weighted by atomic mass is 32.2. The molecule has 19 heavy (non-hydrogen) atoms. The highest BCUT2D eigenvalue weighted by Crippen LogP contribution is 2.29. The smallest absolute Gasteiger partial charge is 0.132 e. The molecule has 0 spiro atoms. The maximum Gasteiger partial charge on any atom is 0.132 e. The van der Waals surface area contributed by atoms with Crippen LogP contribution in [0.1, 0.15) is 39.0 Å². The van der Waals surface area contributed by atoms with E-state index in [9.17, 15) is 15.3 Å². The first-order valence-electron chi connectivity index (χ1n) is 7.04. The summed E-state index contributed by atoms with van der Waals surface area (Å²) < 4.78 is 5.41. The number of hydrogen-bond acceptors (Lipinski definition) is 6. The van der Waals surface area contributed by atoms with Crippen LogP contribution in [0.4, 0.5) is 0 Å². The van der Waals surface area contributed by atoms with Gasteiger partial charge in [-0.3, -0.25) is 0 Å². The standard InChI is InChI=1S/C13H26O5S/c1-2-3-4-5-6-7-19-13-12(17)11(16)10(15)9(8-14)18-13/h9-17H,2-8H2,1H3/t9-,10-,11+,12-,13?/m1/s1. The Bertz CT molecular complexity index is 239. The van der Waals surface area contributed by atoms with Crippen molar-refractivity contribution in [3.8, 4) is 0 Å². The summed E-state index contributed by atoms with van der Waals surface area (Å²) in [5.41, 5.74) is -0.582. The van der Waals surface area contributed by atoms with Crippen molar-refractivity contribution in [2.45, 2.75) is 68.9 Å². The normalized spacial score (nSPS) is 35.5. The number of ether oxygens (including phenoxy) is 1. The molecule has 1 heterocycles. The van der Waals surface area contributed by atoms with Crippen molar-refractivity contribution in [3.63, 3.8) is 0 Å². The van der Waals surface area contributed by atoms with Crippen LogP contribution in [0.25, 0.3) is 0 Å². The molecule has 114 valence electrons. The van der Waals surface area contributed by atoms with Crippen LogP contribution in [0.5, 0.6) is 0 Å². The Balaban J connectivity index is 2.28. The van der Waals surface area contributed by atoms with Crippen molar-refractivity contribution in [3.05, 3.63) is 0 Å². The molecule has 0 radical (unpaired) electrons. The van der Waals surface area contributed by atoms with Crippen LogP contribution in [0.2, 0.25) is 0 Å². The van der Waals surface area contributed by atoms with Crippen LogP contribution in [0.15, 0.2) is 0 Å². The molecule has 5 atom stereocenters. The monoisotopic (exact) mass is 294 g/mol. The van der Waals surface area contributed by atoms with Crippen LogP contribution in [0, 0.1) is 0 Å². The van der Waals surface area contributed by atoms with Gasteiger partial charge in [-0.15, -0.1) is 11.8 Å². The SMILES string of the molecule is CCCCCCCSC1O[C@H](CO)[C@@H](O)[C@H](O)[C@H]1O. The fourth-order valence-electron chi connectivity index (χ4n) is 2.11. The third-order valence-electron chi connectivity index (χ3n) is 3.38. The molecule has 0 saturated carbocycles. The van der Waals surface area contributed by atoms with Crippen LogP contribution in [0.3, 0.4) is 0 Å². The predicted molar refractivity (Wildman–Crippen MR) is 75.0 cm³/mol. The van der Waals surface area contributed by atoms with Crippen LogP contribution in [-0.4, -0.2) is 62.6 Å². The minimum Gasteiger partial charge on any atom is -0.394 e. The minimum atomic E-state index is -1.26. The second kappa shape index (κ2) is 9.15. The molecule has 0 aromatic carbocycles. The summed E-state index contributed by atoms with van der Waals surface area (Å²) in [6.07, 6.45) is 1.42. The largest absolute Gasteiger partial charge is 0.394 e. The lowest BCUT2D eigenvalue weighted by Crippen LogP contribution is -2.57. The Morgan fingerprint density at radius 1 is 0.947 bits per heavy atom. The zero-order chi connectivity index (χ0) is 14.3.